The maximum Gasteiger partial charge on any atom is 0.246 e. The van der Waals surface area contributed by atoms with Crippen LogP contribution in [0.2, 0.25) is 0 Å². The van der Waals surface area contributed by atoms with Gasteiger partial charge in [-0.15, -0.1) is 0 Å². The molecule has 29 heavy (non-hydrogen) atoms. The summed E-state index contributed by atoms with van der Waals surface area (Å²) in [4.78, 5) is 28.5. The number of carbonyl (C=O) groups excluding carboxylic acids is 2. The number of benzene rings is 1. The molecule has 1 aliphatic carbocycles. The lowest BCUT2D eigenvalue weighted by Crippen LogP contribution is -2.50. The molecule has 1 saturated carbocycles. The predicted octanol–water partition coefficient (Wildman–Crippen LogP) is 3.20. The standard InChI is InChI=1S/C23H27N3O3/c1-17-15-20(17)21-9-7-19(29-21)8-10-23(28)26-13-11-25(12-14-26)16-22(27)24-18-5-3-2-4-6-18/h2-10,17,20H,11-16H2,1H3,(H,24,27)/b10-8+. The second-order valence-electron chi connectivity index (χ2n) is 7.91. The van der Waals surface area contributed by atoms with Crippen molar-refractivity contribution in [2.24, 2.45) is 5.92 Å². The first-order valence-corrected chi connectivity index (χ1v) is 10.2. The molecule has 6 heteroatoms. The topological polar surface area (TPSA) is 65.8 Å². The summed E-state index contributed by atoms with van der Waals surface area (Å²) in [6, 6.07) is 13.4. The number of anilines is 1. The van der Waals surface area contributed by atoms with Crippen molar-refractivity contribution in [3.05, 3.63) is 60.1 Å². The van der Waals surface area contributed by atoms with Crippen LogP contribution in [0.15, 0.2) is 53.0 Å². The van der Waals surface area contributed by atoms with E-state index >= 15 is 0 Å². The SMILES string of the molecule is CC1CC1c1ccc(/C=C/C(=O)N2CCN(CC(=O)Nc3ccccc3)CC2)o1. The van der Waals surface area contributed by atoms with E-state index in [0.29, 0.717) is 44.6 Å². The van der Waals surface area contributed by atoms with Gasteiger partial charge in [0, 0.05) is 43.9 Å². The summed E-state index contributed by atoms with van der Waals surface area (Å²) in [5.41, 5.74) is 0.800. The molecule has 1 aromatic heterocycles. The average molecular weight is 393 g/mol. The fraction of sp³-hybridized carbons (Fsp3) is 0.391. The van der Waals surface area contributed by atoms with Crippen LogP contribution < -0.4 is 5.32 Å². The molecule has 4 rings (SSSR count). The molecule has 2 aliphatic rings. The van der Waals surface area contributed by atoms with E-state index in [4.69, 9.17) is 4.42 Å². The largest absolute Gasteiger partial charge is 0.461 e. The van der Waals surface area contributed by atoms with E-state index in [2.05, 4.69) is 17.1 Å². The van der Waals surface area contributed by atoms with Crippen LogP contribution in [-0.2, 0) is 9.59 Å². The molecule has 2 aromatic rings. The average Bonchev–Trinajstić information content (AvgIpc) is 3.27. The van der Waals surface area contributed by atoms with Crippen LogP contribution in [0.25, 0.3) is 6.08 Å². The van der Waals surface area contributed by atoms with Crippen molar-refractivity contribution in [1.29, 1.82) is 0 Å². The molecule has 2 heterocycles. The third-order valence-corrected chi connectivity index (χ3v) is 5.62. The van der Waals surface area contributed by atoms with E-state index in [1.54, 1.807) is 12.2 Å². The predicted molar refractivity (Wildman–Crippen MR) is 112 cm³/mol. The summed E-state index contributed by atoms with van der Waals surface area (Å²) in [6.07, 6.45) is 4.51. The number of nitrogens with one attached hydrogen (secondary N) is 1. The van der Waals surface area contributed by atoms with Gasteiger partial charge in [-0.3, -0.25) is 14.5 Å². The van der Waals surface area contributed by atoms with Gasteiger partial charge in [-0.2, -0.15) is 0 Å². The lowest BCUT2D eigenvalue weighted by molar-refractivity contribution is -0.127. The van der Waals surface area contributed by atoms with Crippen molar-refractivity contribution in [1.82, 2.24) is 9.80 Å². The number of nitrogens with zero attached hydrogens (tertiary/aromatic N) is 2. The fourth-order valence-electron chi connectivity index (χ4n) is 3.69. The fourth-order valence-corrected chi connectivity index (χ4v) is 3.69. The van der Waals surface area contributed by atoms with Gasteiger partial charge in [0.1, 0.15) is 11.5 Å². The van der Waals surface area contributed by atoms with Crippen molar-refractivity contribution in [3.8, 4) is 0 Å². The monoisotopic (exact) mass is 393 g/mol. The highest BCUT2D eigenvalue weighted by Crippen LogP contribution is 2.47. The summed E-state index contributed by atoms with van der Waals surface area (Å²) in [6.45, 7) is 5.16. The molecule has 1 aliphatic heterocycles. The van der Waals surface area contributed by atoms with Crippen molar-refractivity contribution in [2.45, 2.75) is 19.3 Å². The van der Waals surface area contributed by atoms with Crippen molar-refractivity contribution in [3.63, 3.8) is 0 Å². The van der Waals surface area contributed by atoms with E-state index < -0.39 is 0 Å². The number of hydrogen-bond acceptors (Lipinski definition) is 4. The van der Waals surface area contributed by atoms with E-state index in [9.17, 15) is 9.59 Å². The first-order valence-electron chi connectivity index (χ1n) is 10.2. The number of piperazine rings is 1. The van der Waals surface area contributed by atoms with Gasteiger partial charge in [-0.1, -0.05) is 25.1 Å². The zero-order valence-corrected chi connectivity index (χ0v) is 16.7. The lowest BCUT2D eigenvalue weighted by atomic mass is 10.2. The Bertz CT molecular complexity index is 882. The molecule has 152 valence electrons. The zero-order valence-electron chi connectivity index (χ0n) is 16.7. The Morgan fingerprint density at radius 2 is 1.83 bits per heavy atom. The second kappa shape index (κ2) is 8.66. The Hall–Kier alpha value is -2.86. The van der Waals surface area contributed by atoms with Crippen molar-refractivity contribution in [2.75, 3.05) is 38.0 Å². The molecule has 1 aromatic carbocycles. The molecule has 1 saturated heterocycles. The minimum Gasteiger partial charge on any atom is -0.461 e. The highest BCUT2D eigenvalue weighted by molar-refractivity contribution is 5.92. The van der Waals surface area contributed by atoms with Crippen LogP contribution in [0.5, 0.6) is 0 Å². The van der Waals surface area contributed by atoms with Crippen LogP contribution >= 0.6 is 0 Å². The van der Waals surface area contributed by atoms with Crippen LogP contribution in [0, 0.1) is 5.92 Å². The number of hydrogen-bond donors (Lipinski definition) is 1. The molecular weight excluding hydrogens is 366 g/mol. The van der Waals surface area contributed by atoms with E-state index in [0.717, 1.165) is 17.2 Å². The van der Waals surface area contributed by atoms with Gasteiger partial charge in [0.2, 0.25) is 11.8 Å². The zero-order chi connectivity index (χ0) is 20.2. The van der Waals surface area contributed by atoms with E-state index in [-0.39, 0.29) is 11.8 Å². The molecule has 2 amide bonds. The molecule has 2 unspecified atom stereocenters. The van der Waals surface area contributed by atoms with Crippen molar-refractivity contribution < 1.29 is 14.0 Å². The Labute approximate surface area is 171 Å². The lowest BCUT2D eigenvalue weighted by Gasteiger charge is -2.33. The smallest absolute Gasteiger partial charge is 0.246 e. The van der Waals surface area contributed by atoms with Crippen LogP contribution in [-0.4, -0.2) is 54.3 Å². The minimum atomic E-state index is -0.0329. The first-order chi connectivity index (χ1) is 14.1. The normalized spacial score (nSPS) is 22.0. The third-order valence-electron chi connectivity index (χ3n) is 5.62. The van der Waals surface area contributed by atoms with Crippen molar-refractivity contribution >= 4 is 23.6 Å². The quantitative estimate of drug-likeness (QED) is 0.766. The number of furan rings is 1. The van der Waals surface area contributed by atoms with Gasteiger partial charge in [-0.25, -0.2) is 0 Å². The van der Waals surface area contributed by atoms with Crippen LogP contribution in [0.3, 0.4) is 0 Å². The summed E-state index contributed by atoms with van der Waals surface area (Å²) < 4.78 is 5.82. The Morgan fingerprint density at radius 1 is 1.10 bits per heavy atom. The molecule has 0 radical (unpaired) electrons. The molecular formula is C23H27N3O3. The van der Waals surface area contributed by atoms with Crippen LogP contribution in [0.1, 0.15) is 30.8 Å². The number of carbonyl (C=O) groups is 2. The number of amides is 2. The van der Waals surface area contributed by atoms with Crippen LogP contribution in [0.4, 0.5) is 5.69 Å². The Kier molecular flexibility index (Phi) is 5.81. The maximum absolute atomic E-state index is 12.4. The molecule has 0 spiro atoms. The third kappa shape index (κ3) is 5.15. The molecule has 0 bridgehead atoms. The number of para-hydroxylation sites is 1. The van der Waals surface area contributed by atoms with E-state index in [1.807, 2.05) is 47.4 Å². The van der Waals surface area contributed by atoms with E-state index in [1.165, 1.54) is 6.42 Å². The molecule has 1 N–H and O–H groups in total. The van der Waals surface area contributed by atoms with Gasteiger partial charge in [0.25, 0.3) is 0 Å². The Balaban J connectivity index is 1.21. The van der Waals surface area contributed by atoms with Gasteiger partial charge in [0.15, 0.2) is 0 Å². The van der Waals surface area contributed by atoms with Gasteiger partial charge < -0.3 is 14.6 Å². The summed E-state index contributed by atoms with van der Waals surface area (Å²) in [5.74, 6) is 2.94. The Morgan fingerprint density at radius 3 is 2.52 bits per heavy atom. The minimum absolute atomic E-state index is 0.0175. The molecule has 2 fully saturated rings. The van der Waals surface area contributed by atoms with Gasteiger partial charge in [-0.05, 0) is 42.7 Å². The highest BCUT2D eigenvalue weighted by atomic mass is 16.3. The number of rotatable bonds is 6. The molecule has 6 nitrogen and oxygen atoms in total. The molecule has 2 atom stereocenters. The second-order valence-corrected chi connectivity index (χ2v) is 7.91. The first kappa shape index (κ1) is 19.5. The van der Waals surface area contributed by atoms with Gasteiger partial charge in [0.05, 0.1) is 6.54 Å². The maximum atomic E-state index is 12.4. The highest BCUT2D eigenvalue weighted by Gasteiger charge is 2.36. The summed E-state index contributed by atoms with van der Waals surface area (Å²) in [5, 5.41) is 2.90. The summed E-state index contributed by atoms with van der Waals surface area (Å²) in [7, 11) is 0. The van der Waals surface area contributed by atoms with Gasteiger partial charge >= 0.3 is 0 Å². The summed E-state index contributed by atoms with van der Waals surface area (Å²) >= 11 is 0.